The fraction of sp³-hybridized carbons (Fsp3) is 0.500. The number of phenolic OH excluding ortho intramolecular Hbond substituents is 1. The van der Waals surface area contributed by atoms with Crippen LogP contribution in [0, 0.1) is 18.8 Å². The predicted octanol–water partition coefficient (Wildman–Crippen LogP) is 7.90. The zero-order chi connectivity index (χ0) is 19.2. The number of rotatable bonds is 1. The first-order valence-electron chi connectivity index (χ1n) is 9.92. The van der Waals surface area contributed by atoms with Crippen LogP contribution in [-0.4, -0.2) is 5.11 Å². The summed E-state index contributed by atoms with van der Waals surface area (Å²) in [5.41, 5.74) is 0.925. The molecule has 1 N–H and O–H groups in total. The largest absolute Gasteiger partial charge is 0.507 e. The molecule has 2 aromatic rings. The Morgan fingerprint density at radius 2 is 1.56 bits per heavy atom. The summed E-state index contributed by atoms with van der Waals surface area (Å²) in [5, 5.41) is 11.7. The first-order valence-corrected chi connectivity index (χ1v) is 9.92. The van der Waals surface area contributed by atoms with Crippen LogP contribution in [0.1, 0.15) is 66.4 Å². The van der Waals surface area contributed by atoms with Crippen molar-refractivity contribution in [3.05, 3.63) is 54.1 Å². The molecular formula is C24H38O. The quantitative estimate of drug-likeness (QED) is 0.522. The standard InChI is InChI=1S/C11H10O.C9H16.2C2H6/c1-8-6-7-9-4-2-3-5-10(9)11(8)12;1-8(2)9-6-4-3-5-7-9;2*1-2/h2-7,12H,1H3;3-4,8-9H,5-7H2,1-2H3;2*1-2H3. The average molecular weight is 343 g/mol. The van der Waals surface area contributed by atoms with E-state index in [-0.39, 0.29) is 0 Å². The van der Waals surface area contributed by atoms with Crippen molar-refractivity contribution in [2.24, 2.45) is 11.8 Å². The van der Waals surface area contributed by atoms with Gasteiger partial charge in [0, 0.05) is 5.39 Å². The minimum atomic E-state index is 0.396. The van der Waals surface area contributed by atoms with Crippen LogP contribution < -0.4 is 0 Å². The fourth-order valence-corrected chi connectivity index (χ4v) is 2.79. The van der Waals surface area contributed by atoms with Gasteiger partial charge in [-0.3, -0.25) is 0 Å². The lowest BCUT2D eigenvalue weighted by molar-refractivity contribution is 0.356. The van der Waals surface area contributed by atoms with Crippen LogP contribution in [0.25, 0.3) is 10.8 Å². The monoisotopic (exact) mass is 342 g/mol. The van der Waals surface area contributed by atoms with Gasteiger partial charge in [-0.15, -0.1) is 0 Å². The van der Waals surface area contributed by atoms with Crippen molar-refractivity contribution in [2.75, 3.05) is 0 Å². The van der Waals surface area contributed by atoms with Gasteiger partial charge in [-0.2, -0.15) is 0 Å². The van der Waals surface area contributed by atoms with E-state index in [1.807, 2.05) is 71.0 Å². The number of hydrogen-bond donors (Lipinski definition) is 1. The molecule has 2 aromatic carbocycles. The van der Waals surface area contributed by atoms with Crippen LogP contribution in [0.5, 0.6) is 5.75 Å². The first kappa shape index (κ1) is 23.2. The Balaban J connectivity index is 0.000000396. The molecule has 0 aliphatic heterocycles. The molecule has 0 spiro atoms. The van der Waals surface area contributed by atoms with Crippen molar-refractivity contribution >= 4 is 10.8 Å². The number of fused-ring (bicyclic) bond motifs is 1. The maximum atomic E-state index is 9.66. The Morgan fingerprint density at radius 3 is 2.08 bits per heavy atom. The Bertz CT molecular complexity index is 611. The van der Waals surface area contributed by atoms with Crippen molar-refractivity contribution in [1.82, 2.24) is 0 Å². The molecule has 0 amide bonds. The normalized spacial score (nSPS) is 15.3. The lowest BCUT2D eigenvalue weighted by atomic mass is 9.85. The molecule has 1 aliphatic carbocycles. The van der Waals surface area contributed by atoms with Crippen LogP contribution in [0.15, 0.2) is 48.6 Å². The van der Waals surface area contributed by atoms with Gasteiger partial charge in [0.15, 0.2) is 0 Å². The number of hydrogen-bond acceptors (Lipinski definition) is 1. The van der Waals surface area contributed by atoms with E-state index in [0.29, 0.717) is 5.75 Å². The molecule has 0 saturated heterocycles. The second-order valence-corrected chi connectivity index (χ2v) is 6.24. The number of phenols is 1. The second-order valence-electron chi connectivity index (χ2n) is 6.24. The van der Waals surface area contributed by atoms with E-state index in [9.17, 15) is 5.11 Å². The third-order valence-electron chi connectivity index (χ3n) is 4.35. The highest BCUT2D eigenvalue weighted by Crippen LogP contribution is 2.27. The maximum absolute atomic E-state index is 9.66. The molecule has 1 nitrogen and oxygen atoms in total. The van der Waals surface area contributed by atoms with E-state index in [1.54, 1.807) is 0 Å². The molecule has 0 saturated carbocycles. The van der Waals surface area contributed by atoms with Crippen molar-refractivity contribution < 1.29 is 5.11 Å². The van der Waals surface area contributed by atoms with E-state index in [4.69, 9.17) is 0 Å². The maximum Gasteiger partial charge on any atom is 0.126 e. The van der Waals surface area contributed by atoms with Gasteiger partial charge in [-0.1, -0.05) is 90.1 Å². The molecule has 1 aliphatic rings. The zero-order valence-corrected chi connectivity index (χ0v) is 17.3. The molecular weight excluding hydrogens is 304 g/mol. The minimum Gasteiger partial charge on any atom is -0.507 e. The van der Waals surface area contributed by atoms with Crippen LogP contribution in [0.3, 0.4) is 0 Å². The topological polar surface area (TPSA) is 20.2 Å². The van der Waals surface area contributed by atoms with E-state index < -0.39 is 0 Å². The summed E-state index contributed by atoms with van der Waals surface area (Å²) in [7, 11) is 0. The van der Waals surface area contributed by atoms with Crippen molar-refractivity contribution in [2.45, 2.75) is 67.7 Å². The molecule has 0 aromatic heterocycles. The highest BCUT2D eigenvalue weighted by atomic mass is 16.3. The van der Waals surface area contributed by atoms with E-state index >= 15 is 0 Å². The van der Waals surface area contributed by atoms with Gasteiger partial charge in [-0.05, 0) is 49.0 Å². The molecule has 0 radical (unpaired) electrons. The van der Waals surface area contributed by atoms with Gasteiger partial charge in [0.1, 0.15) is 5.75 Å². The van der Waals surface area contributed by atoms with Gasteiger partial charge < -0.3 is 5.11 Å². The zero-order valence-electron chi connectivity index (χ0n) is 17.3. The number of aryl methyl sites for hydroxylation is 1. The average Bonchev–Trinajstić information content (AvgIpc) is 2.69. The number of aromatic hydroxyl groups is 1. The summed E-state index contributed by atoms with van der Waals surface area (Å²) < 4.78 is 0. The minimum absolute atomic E-state index is 0.396. The smallest absolute Gasteiger partial charge is 0.126 e. The predicted molar refractivity (Wildman–Crippen MR) is 114 cm³/mol. The summed E-state index contributed by atoms with van der Waals surface area (Å²) in [6.45, 7) is 14.6. The third kappa shape index (κ3) is 7.77. The summed E-state index contributed by atoms with van der Waals surface area (Å²) >= 11 is 0. The lowest BCUT2D eigenvalue weighted by Crippen LogP contribution is -2.09. The SMILES string of the molecule is CC.CC.CC(C)C1CC=CCC1.Cc1ccc2ccccc2c1O. The van der Waals surface area contributed by atoms with Crippen LogP contribution in [-0.2, 0) is 0 Å². The van der Waals surface area contributed by atoms with Gasteiger partial charge in [0.05, 0.1) is 0 Å². The third-order valence-corrected chi connectivity index (χ3v) is 4.35. The van der Waals surface area contributed by atoms with Gasteiger partial charge in [0.25, 0.3) is 0 Å². The van der Waals surface area contributed by atoms with Crippen molar-refractivity contribution in [3.63, 3.8) is 0 Å². The Morgan fingerprint density at radius 1 is 0.920 bits per heavy atom. The van der Waals surface area contributed by atoms with Crippen LogP contribution >= 0.6 is 0 Å². The van der Waals surface area contributed by atoms with Gasteiger partial charge in [0.2, 0.25) is 0 Å². The summed E-state index contributed by atoms with van der Waals surface area (Å²) in [6, 6.07) is 11.8. The summed E-state index contributed by atoms with van der Waals surface area (Å²) in [5.74, 6) is 2.25. The van der Waals surface area contributed by atoms with E-state index in [2.05, 4.69) is 26.0 Å². The lowest BCUT2D eigenvalue weighted by Gasteiger charge is -2.20. The van der Waals surface area contributed by atoms with Crippen molar-refractivity contribution in [3.8, 4) is 5.75 Å². The number of benzene rings is 2. The Hall–Kier alpha value is -1.76. The van der Waals surface area contributed by atoms with Gasteiger partial charge >= 0.3 is 0 Å². The molecule has 140 valence electrons. The molecule has 25 heavy (non-hydrogen) atoms. The number of allylic oxidation sites excluding steroid dienone is 2. The fourth-order valence-electron chi connectivity index (χ4n) is 2.79. The molecule has 1 unspecified atom stereocenters. The molecule has 1 atom stereocenters. The van der Waals surface area contributed by atoms with Crippen molar-refractivity contribution in [1.29, 1.82) is 0 Å². The summed E-state index contributed by atoms with van der Waals surface area (Å²) in [6.07, 6.45) is 8.67. The summed E-state index contributed by atoms with van der Waals surface area (Å²) in [4.78, 5) is 0. The van der Waals surface area contributed by atoms with E-state index in [0.717, 1.165) is 28.2 Å². The second kappa shape index (κ2) is 13.5. The molecule has 0 bridgehead atoms. The first-order chi connectivity index (χ1) is 12.1. The molecule has 0 heterocycles. The molecule has 0 fully saturated rings. The molecule has 1 heteroatoms. The Kier molecular flexibility index (Phi) is 12.6. The van der Waals surface area contributed by atoms with Crippen LogP contribution in [0.4, 0.5) is 0 Å². The van der Waals surface area contributed by atoms with Gasteiger partial charge in [-0.25, -0.2) is 0 Å². The highest BCUT2D eigenvalue weighted by Gasteiger charge is 2.12. The van der Waals surface area contributed by atoms with Crippen LogP contribution in [0.2, 0.25) is 0 Å². The molecule has 3 rings (SSSR count). The highest BCUT2D eigenvalue weighted by molar-refractivity contribution is 5.89. The Labute approximate surface area is 155 Å². The van der Waals surface area contributed by atoms with E-state index in [1.165, 1.54) is 19.3 Å².